The molecule has 0 aliphatic carbocycles. The molecule has 1 aliphatic heterocycles. The highest BCUT2D eigenvalue weighted by Gasteiger charge is 2.20. The van der Waals surface area contributed by atoms with Gasteiger partial charge in [0.05, 0.1) is 0 Å². The molecule has 2 N–H and O–H groups in total. The van der Waals surface area contributed by atoms with E-state index < -0.39 is 0 Å². The van der Waals surface area contributed by atoms with Crippen LogP contribution < -0.4 is 10.6 Å². The summed E-state index contributed by atoms with van der Waals surface area (Å²) in [5.41, 5.74) is 6.66. The molecular formula is C12H20N4. The molecule has 16 heavy (non-hydrogen) atoms. The maximum Gasteiger partial charge on any atom is 0.132 e. The first-order valence-electron chi connectivity index (χ1n) is 6.03. The molecule has 1 fully saturated rings. The van der Waals surface area contributed by atoms with Crippen molar-refractivity contribution in [1.29, 1.82) is 0 Å². The zero-order chi connectivity index (χ0) is 11.4. The zero-order valence-corrected chi connectivity index (χ0v) is 9.89. The second-order valence-corrected chi connectivity index (χ2v) is 4.55. The van der Waals surface area contributed by atoms with Crippen LogP contribution in [0.1, 0.15) is 25.0 Å². The third-order valence-electron chi connectivity index (χ3n) is 3.21. The van der Waals surface area contributed by atoms with Gasteiger partial charge in [-0.15, -0.1) is 0 Å². The van der Waals surface area contributed by atoms with Crippen LogP contribution in [0.2, 0.25) is 0 Å². The minimum Gasteiger partial charge on any atom is -0.356 e. The summed E-state index contributed by atoms with van der Waals surface area (Å²) in [4.78, 5) is 10.8. The smallest absolute Gasteiger partial charge is 0.132 e. The average molecular weight is 220 g/mol. The average Bonchev–Trinajstić information content (AvgIpc) is 2.30. The summed E-state index contributed by atoms with van der Waals surface area (Å²) in [7, 11) is 0. The van der Waals surface area contributed by atoms with Gasteiger partial charge in [-0.2, -0.15) is 0 Å². The molecule has 0 radical (unpaired) electrons. The Kier molecular flexibility index (Phi) is 3.72. The van der Waals surface area contributed by atoms with Gasteiger partial charge < -0.3 is 10.6 Å². The largest absolute Gasteiger partial charge is 0.356 e. The van der Waals surface area contributed by atoms with E-state index in [1.807, 2.05) is 6.92 Å². The third kappa shape index (κ3) is 2.70. The van der Waals surface area contributed by atoms with E-state index in [9.17, 15) is 0 Å². The van der Waals surface area contributed by atoms with Crippen molar-refractivity contribution in [1.82, 2.24) is 9.97 Å². The monoisotopic (exact) mass is 220 g/mol. The fourth-order valence-electron chi connectivity index (χ4n) is 2.36. The highest BCUT2D eigenvalue weighted by molar-refractivity contribution is 5.39. The van der Waals surface area contributed by atoms with E-state index in [0.717, 1.165) is 43.5 Å². The van der Waals surface area contributed by atoms with Crippen molar-refractivity contribution >= 4 is 5.82 Å². The lowest BCUT2D eigenvalue weighted by Crippen LogP contribution is -2.36. The summed E-state index contributed by atoms with van der Waals surface area (Å²) in [5, 5.41) is 0. The van der Waals surface area contributed by atoms with E-state index in [-0.39, 0.29) is 0 Å². The molecule has 2 heterocycles. The van der Waals surface area contributed by atoms with Crippen LogP contribution in [0.25, 0.3) is 0 Å². The summed E-state index contributed by atoms with van der Waals surface area (Å²) in [6.07, 6.45) is 5.32. The van der Waals surface area contributed by atoms with Gasteiger partial charge in [-0.25, -0.2) is 9.97 Å². The Morgan fingerprint density at radius 1 is 1.50 bits per heavy atom. The summed E-state index contributed by atoms with van der Waals surface area (Å²) in [5.74, 6) is 1.79. The fourth-order valence-corrected chi connectivity index (χ4v) is 2.36. The normalized spacial score (nSPS) is 21.1. The molecule has 1 aromatic heterocycles. The van der Waals surface area contributed by atoms with Crippen LogP contribution in [0.15, 0.2) is 12.4 Å². The zero-order valence-electron chi connectivity index (χ0n) is 9.89. The quantitative estimate of drug-likeness (QED) is 0.835. The molecule has 4 nitrogen and oxygen atoms in total. The number of aryl methyl sites for hydroxylation is 1. The number of nitrogens with two attached hydrogens (primary N) is 1. The molecule has 2 rings (SSSR count). The highest BCUT2D eigenvalue weighted by atomic mass is 15.2. The van der Waals surface area contributed by atoms with Gasteiger partial charge in [-0.3, -0.25) is 0 Å². The summed E-state index contributed by atoms with van der Waals surface area (Å²) >= 11 is 0. The van der Waals surface area contributed by atoms with Gasteiger partial charge in [0.1, 0.15) is 12.1 Å². The van der Waals surface area contributed by atoms with Gasteiger partial charge in [-0.05, 0) is 38.6 Å². The molecule has 0 bridgehead atoms. The van der Waals surface area contributed by atoms with Crippen LogP contribution in [0.4, 0.5) is 5.82 Å². The molecule has 0 aromatic carbocycles. The van der Waals surface area contributed by atoms with E-state index in [1.165, 1.54) is 12.8 Å². The number of anilines is 1. The third-order valence-corrected chi connectivity index (χ3v) is 3.21. The van der Waals surface area contributed by atoms with Crippen LogP contribution in [0.3, 0.4) is 0 Å². The van der Waals surface area contributed by atoms with Crippen LogP contribution >= 0.6 is 0 Å². The summed E-state index contributed by atoms with van der Waals surface area (Å²) in [6.45, 7) is 5.00. The highest BCUT2D eigenvalue weighted by Crippen LogP contribution is 2.23. The van der Waals surface area contributed by atoms with Crippen molar-refractivity contribution in [2.45, 2.75) is 26.2 Å². The number of hydrogen-bond acceptors (Lipinski definition) is 4. The van der Waals surface area contributed by atoms with E-state index >= 15 is 0 Å². The van der Waals surface area contributed by atoms with Gasteiger partial charge in [-0.1, -0.05) is 0 Å². The van der Waals surface area contributed by atoms with Gasteiger partial charge in [0.15, 0.2) is 0 Å². The van der Waals surface area contributed by atoms with Crippen molar-refractivity contribution in [3.8, 4) is 0 Å². The number of hydrogen-bond donors (Lipinski definition) is 1. The van der Waals surface area contributed by atoms with Crippen molar-refractivity contribution in [3.63, 3.8) is 0 Å². The lowest BCUT2D eigenvalue weighted by molar-refractivity contribution is 0.394. The Bertz CT molecular complexity index is 338. The second kappa shape index (κ2) is 5.25. The maximum atomic E-state index is 5.62. The topological polar surface area (TPSA) is 55.0 Å². The minimum atomic E-state index is 0.731. The fraction of sp³-hybridized carbons (Fsp3) is 0.667. The van der Waals surface area contributed by atoms with Crippen molar-refractivity contribution in [3.05, 3.63) is 18.1 Å². The van der Waals surface area contributed by atoms with Crippen LogP contribution in [-0.4, -0.2) is 29.6 Å². The first-order chi connectivity index (χ1) is 7.79. The molecule has 4 heteroatoms. The molecule has 0 saturated carbocycles. The first-order valence-corrected chi connectivity index (χ1v) is 6.03. The lowest BCUT2D eigenvalue weighted by atomic mass is 9.95. The summed E-state index contributed by atoms with van der Waals surface area (Å²) in [6, 6.07) is 2.06. The van der Waals surface area contributed by atoms with E-state index in [0.29, 0.717) is 0 Å². The van der Waals surface area contributed by atoms with Crippen LogP contribution in [-0.2, 0) is 0 Å². The Labute approximate surface area is 96.9 Å². The Morgan fingerprint density at radius 2 is 2.38 bits per heavy atom. The number of rotatable bonds is 3. The number of aromatic nitrogens is 2. The predicted molar refractivity (Wildman–Crippen MR) is 65.4 cm³/mol. The van der Waals surface area contributed by atoms with Crippen molar-refractivity contribution in [2.24, 2.45) is 11.7 Å². The molecule has 0 spiro atoms. The SMILES string of the molecule is Cc1cc(N2CCCC(CCN)C2)ncn1. The lowest BCUT2D eigenvalue weighted by Gasteiger charge is -2.33. The van der Waals surface area contributed by atoms with Gasteiger partial charge in [0.25, 0.3) is 0 Å². The standard InChI is InChI=1S/C12H20N4/c1-10-7-12(15-9-14-10)16-6-2-3-11(8-16)4-5-13/h7,9,11H,2-6,8,13H2,1H3. The molecule has 88 valence electrons. The molecule has 1 saturated heterocycles. The Hall–Kier alpha value is -1.16. The van der Waals surface area contributed by atoms with Gasteiger partial charge in [0, 0.05) is 24.8 Å². The molecular weight excluding hydrogens is 200 g/mol. The maximum absolute atomic E-state index is 5.62. The van der Waals surface area contributed by atoms with E-state index in [1.54, 1.807) is 6.33 Å². The number of piperidine rings is 1. The summed E-state index contributed by atoms with van der Waals surface area (Å²) < 4.78 is 0. The van der Waals surface area contributed by atoms with Crippen LogP contribution in [0, 0.1) is 12.8 Å². The molecule has 1 aliphatic rings. The van der Waals surface area contributed by atoms with E-state index in [2.05, 4.69) is 20.9 Å². The minimum absolute atomic E-state index is 0.731. The first kappa shape index (κ1) is 11.3. The molecule has 1 atom stereocenters. The van der Waals surface area contributed by atoms with Gasteiger partial charge in [0.2, 0.25) is 0 Å². The van der Waals surface area contributed by atoms with Crippen molar-refractivity contribution < 1.29 is 0 Å². The number of nitrogens with zero attached hydrogens (tertiary/aromatic N) is 3. The molecule has 0 amide bonds. The second-order valence-electron chi connectivity index (χ2n) is 4.55. The Morgan fingerprint density at radius 3 is 3.12 bits per heavy atom. The molecule has 1 unspecified atom stereocenters. The molecule has 1 aromatic rings. The van der Waals surface area contributed by atoms with E-state index in [4.69, 9.17) is 5.73 Å². The predicted octanol–water partition coefficient (Wildman–Crippen LogP) is 1.35. The van der Waals surface area contributed by atoms with Crippen LogP contribution in [0.5, 0.6) is 0 Å². The van der Waals surface area contributed by atoms with Gasteiger partial charge >= 0.3 is 0 Å². The van der Waals surface area contributed by atoms with Crippen molar-refractivity contribution in [2.75, 3.05) is 24.5 Å². The Balaban J connectivity index is 2.03.